The van der Waals surface area contributed by atoms with Crippen LogP contribution in [-0.2, 0) is 9.59 Å². The van der Waals surface area contributed by atoms with Crippen LogP contribution in [0.4, 0.5) is 11.5 Å². The number of likely N-dealkylation sites (tertiary alicyclic amines) is 1. The van der Waals surface area contributed by atoms with E-state index in [-0.39, 0.29) is 6.04 Å². The molecule has 144 valence electrons. The van der Waals surface area contributed by atoms with E-state index in [1.165, 1.54) is 12.4 Å². The van der Waals surface area contributed by atoms with Gasteiger partial charge in [-0.25, -0.2) is 4.98 Å². The van der Waals surface area contributed by atoms with E-state index in [1.54, 1.807) is 17.3 Å². The van der Waals surface area contributed by atoms with Crippen LogP contribution in [0.1, 0.15) is 31.4 Å². The number of carbonyl (C=O) groups excluding carboxylic acids is 2. The number of nitrogens with zero attached hydrogens (tertiary/aromatic N) is 4. The standard InChI is InChI=1S/C19H21N7O2/c1-11-2-3-15(12-4-6-21-7-5-12)26(10-11)19(28)18(27)24-14-9-22-17(20)13-8-23-25-16(13)14/h4-9,11,15H,2-3,10H2,1H3,(H2,20,22)(H,23,25)(H,24,27)/t11-,15+/m0/s1. The molecule has 1 fully saturated rings. The molecule has 9 heteroatoms. The Balaban J connectivity index is 1.58. The average molecular weight is 379 g/mol. The fraction of sp³-hybridized carbons (Fsp3) is 0.316. The molecule has 4 N–H and O–H groups in total. The highest BCUT2D eigenvalue weighted by atomic mass is 16.2. The van der Waals surface area contributed by atoms with Crippen LogP contribution in [0.15, 0.2) is 36.9 Å². The lowest BCUT2D eigenvalue weighted by Crippen LogP contribution is -2.46. The van der Waals surface area contributed by atoms with E-state index in [0.29, 0.717) is 34.9 Å². The monoisotopic (exact) mass is 379 g/mol. The molecule has 9 nitrogen and oxygen atoms in total. The largest absolute Gasteiger partial charge is 0.383 e. The number of hydrogen-bond acceptors (Lipinski definition) is 6. The minimum Gasteiger partial charge on any atom is -0.383 e. The minimum absolute atomic E-state index is 0.144. The van der Waals surface area contributed by atoms with Gasteiger partial charge in [0.15, 0.2) is 0 Å². The smallest absolute Gasteiger partial charge is 0.314 e. The van der Waals surface area contributed by atoms with E-state index in [1.807, 2.05) is 12.1 Å². The summed E-state index contributed by atoms with van der Waals surface area (Å²) >= 11 is 0. The number of aromatic nitrogens is 4. The van der Waals surface area contributed by atoms with Crippen molar-refractivity contribution in [3.05, 3.63) is 42.5 Å². The Morgan fingerprint density at radius 2 is 2.04 bits per heavy atom. The molecule has 1 aliphatic heterocycles. The van der Waals surface area contributed by atoms with Gasteiger partial charge in [0.25, 0.3) is 0 Å². The van der Waals surface area contributed by atoms with Gasteiger partial charge in [-0.2, -0.15) is 5.10 Å². The van der Waals surface area contributed by atoms with Gasteiger partial charge < -0.3 is 16.0 Å². The van der Waals surface area contributed by atoms with E-state index < -0.39 is 11.8 Å². The summed E-state index contributed by atoms with van der Waals surface area (Å²) in [6.45, 7) is 2.61. The first kappa shape index (κ1) is 17.9. The molecule has 0 radical (unpaired) electrons. The molecular weight excluding hydrogens is 358 g/mol. The van der Waals surface area contributed by atoms with Crippen molar-refractivity contribution in [2.45, 2.75) is 25.8 Å². The van der Waals surface area contributed by atoms with Crippen molar-refractivity contribution in [2.24, 2.45) is 5.92 Å². The van der Waals surface area contributed by atoms with Crippen molar-refractivity contribution in [1.29, 1.82) is 0 Å². The van der Waals surface area contributed by atoms with Crippen LogP contribution in [0.3, 0.4) is 0 Å². The van der Waals surface area contributed by atoms with Crippen molar-refractivity contribution in [3.63, 3.8) is 0 Å². The summed E-state index contributed by atoms with van der Waals surface area (Å²) < 4.78 is 0. The van der Waals surface area contributed by atoms with E-state index in [0.717, 1.165) is 18.4 Å². The molecule has 0 aliphatic carbocycles. The quantitative estimate of drug-likeness (QED) is 0.583. The third kappa shape index (κ3) is 3.26. The molecule has 0 saturated carbocycles. The number of nitrogens with one attached hydrogen (secondary N) is 2. The number of piperidine rings is 1. The van der Waals surface area contributed by atoms with Gasteiger partial charge in [-0.05, 0) is 36.5 Å². The van der Waals surface area contributed by atoms with Crippen molar-refractivity contribution in [2.75, 3.05) is 17.6 Å². The van der Waals surface area contributed by atoms with Crippen LogP contribution in [0.25, 0.3) is 10.9 Å². The zero-order valence-electron chi connectivity index (χ0n) is 15.4. The van der Waals surface area contributed by atoms with E-state index in [9.17, 15) is 9.59 Å². The van der Waals surface area contributed by atoms with E-state index in [4.69, 9.17) is 5.73 Å². The van der Waals surface area contributed by atoms with Crippen LogP contribution in [0.5, 0.6) is 0 Å². The summed E-state index contributed by atoms with van der Waals surface area (Å²) in [6.07, 6.45) is 8.14. The number of aromatic amines is 1. The summed E-state index contributed by atoms with van der Waals surface area (Å²) in [4.78, 5) is 35.5. The molecule has 28 heavy (non-hydrogen) atoms. The van der Waals surface area contributed by atoms with Gasteiger partial charge in [-0.15, -0.1) is 0 Å². The first-order chi connectivity index (χ1) is 13.5. The molecule has 2 amide bonds. The molecule has 3 aromatic heterocycles. The molecule has 1 aliphatic rings. The number of amides is 2. The number of pyridine rings is 2. The van der Waals surface area contributed by atoms with Gasteiger partial charge in [-0.3, -0.25) is 19.7 Å². The number of anilines is 2. The summed E-state index contributed by atoms with van der Waals surface area (Å²) in [6, 6.07) is 3.63. The van der Waals surface area contributed by atoms with Gasteiger partial charge in [0.05, 0.1) is 35.0 Å². The predicted molar refractivity (Wildman–Crippen MR) is 104 cm³/mol. The molecule has 0 spiro atoms. The highest BCUT2D eigenvalue weighted by Gasteiger charge is 2.34. The Kier molecular flexibility index (Phi) is 4.64. The Morgan fingerprint density at radius 3 is 2.82 bits per heavy atom. The van der Waals surface area contributed by atoms with Crippen LogP contribution < -0.4 is 11.1 Å². The second-order valence-corrected chi connectivity index (χ2v) is 7.11. The predicted octanol–water partition coefficient (Wildman–Crippen LogP) is 1.87. The van der Waals surface area contributed by atoms with Gasteiger partial charge in [-0.1, -0.05) is 6.92 Å². The maximum atomic E-state index is 13.0. The Hall–Kier alpha value is -3.49. The maximum Gasteiger partial charge on any atom is 0.314 e. The zero-order valence-corrected chi connectivity index (χ0v) is 15.4. The summed E-state index contributed by atoms with van der Waals surface area (Å²) in [5.74, 6) is -0.656. The zero-order chi connectivity index (χ0) is 19.7. The molecular formula is C19H21N7O2. The number of fused-ring (bicyclic) bond motifs is 1. The normalized spacial score (nSPS) is 19.5. The Labute approximate surface area is 161 Å². The fourth-order valence-corrected chi connectivity index (χ4v) is 3.66. The van der Waals surface area contributed by atoms with Crippen molar-refractivity contribution in [1.82, 2.24) is 25.1 Å². The second-order valence-electron chi connectivity index (χ2n) is 7.11. The number of hydrogen-bond donors (Lipinski definition) is 3. The third-order valence-electron chi connectivity index (χ3n) is 5.13. The van der Waals surface area contributed by atoms with Crippen LogP contribution in [-0.4, -0.2) is 43.4 Å². The minimum atomic E-state index is -0.712. The summed E-state index contributed by atoms with van der Waals surface area (Å²) in [7, 11) is 0. The number of carbonyl (C=O) groups is 2. The lowest BCUT2D eigenvalue weighted by atomic mass is 9.90. The lowest BCUT2D eigenvalue weighted by Gasteiger charge is -2.38. The van der Waals surface area contributed by atoms with Crippen LogP contribution >= 0.6 is 0 Å². The second kappa shape index (κ2) is 7.26. The number of rotatable bonds is 2. The van der Waals surface area contributed by atoms with Crippen molar-refractivity contribution < 1.29 is 9.59 Å². The van der Waals surface area contributed by atoms with E-state index >= 15 is 0 Å². The highest BCUT2D eigenvalue weighted by molar-refractivity contribution is 6.40. The lowest BCUT2D eigenvalue weighted by molar-refractivity contribution is -0.146. The van der Waals surface area contributed by atoms with Crippen LogP contribution in [0.2, 0.25) is 0 Å². The van der Waals surface area contributed by atoms with Crippen molar-refractivity contribution in [3.8, 4) is 0 Å². The summed E-state index contributed by atoms with van der Waals surface area (Å²) in [5.41, 5.74) is 7.69. The first-order valence-corrected chi connectivity index (χ1v) is 9.14. The average Bonchev–Trinajstić information content (AvgIpc) is 3.21. The number of nitrogens with two attached hydrogens (primary N) is 1. The molecule has 4 heterocycles. The third-order valence-corrected chi connectivity index (χ3v) is 5.13. The molecule has 0 unspecified atom stereocenters. The van der Waals surface area contributed by atoms with Gasteiger partial charge in [0.2, 0.25) is 0 Å². The highest BCUT2D eigenvalue weighted by Crippen LogP contribution is 2.33. The van der Waals surface area contributed by atoms with Gasteiger partial charge >= 0.3 is 11.8 Å². The molecule has 0 aromatic carbocycles. The Morgan fingerprint density at radius 1 is 1.25 bits per heavy atom. The van der Waals surface area contributed by atoms with E-state index in [2.05, 4.69) is 32.4 Å². The number of nitrogen functional groups attached to an aromatic ring is 1. The number of H-pyrrole nitrogens is 1. The first-order valence-electron chi connectivity index (χ1n) is 9.14. The topological polar surface area (TPSA) is 130 Å². The summed E-state index contributed by atoms with van der Waals surface area (Å²) in [5, 5.41) is 9.95. The molecule has 3 aromatic rings. The molecule has 4 rings (SSSR count). The van der Waals surface area contributed by atoms with Crippen molar-refractivity contribution >= 4 is 34.2 Å². The molecule has 1 saturated heterocycles. The molecule has 0 bridgehead atoms. The Bertz CT molecular complexity index is 1020. The van der Waals surface area contributed by atoms with Crippen LogP contribution in [0, 0.1) is 5.92 Å². The van der Waals surface area contributed by atoms with Gasteiger partial charge in [0.1, 0.15) is 5.82 Å². The maximum absolute atomic E-state index is 13.0. The fourth-order valence-electron chi connectivity index (χ4n) is 3.66. The van der Waals surface area contributed by atoms with Gasteiger partial charge in [0, 0.05) is 18.9 Å². The SMILES string of the molecule is C[C@H]1CC[C@H](c2ccncc2)N(C(=O)C(=O)Nc2cnc(N)c3cn[nH]c23)C1. The molecule has 2 atom stereocenters.